The number of hydrogen-bond donors (Lipinski definition) is 1. The number of nitrogens with one attached hydrogen (secondary N) is 1. The molecule has 3 heterocycles. The van der Waals surface area contributed by atoms with Gasteiger partial charge in [0, 0.05) is 0 Å². The third-order valence-electron chi connectivity index (χ3n) is 5.26. The number of ether oxygens (including phenoxy) is 1. The number of carbonyl (C=O) groups excluding carboxylic acids is 3. The lowest BCUT2D eigenvalue weighted by Crippen LogP contribution is -2.54. The lowest BCUT2D eigenvalue weighted by Gasteiger charge is -2.28. The third-order valence-corrected chi connectivity index (χ3v) is 5.26. The van der Waals surface area contributed by atoms with Crippen molar-refractivity contribution in [3.05, 3.63) is 54.5 Å². The molecule has 0 aliphatic carbocycles. The molecule has 0 unspecified atom stereocenters. The molecule has 0 saturated carbocycles. The predicted octanol–water partition coefficient (Wildman–Crippen LogP) is 1.66. The smallest absolute Gasteiger partial charge is 0.326 e. The summed E-state index contributed by atoms with van der Waals surface area (Å²) >= 11 is 0. The zero-order valence-corrected chi connectivity index (χ0v) is 14.3. The summed E-state index contributed by atoms with van der Waals surface area (Å²) in [5.41, 5.74) is -0.838. The van der Waals surface area contributed by atoms with Crippen molar-refractivity contribution in [2.24, 2.45) is 11.8 Å². The molecule has 0 radical (unpaired) electrons. The molecule has 2 fully saturated rings. The van der Waals surface area contributed by atoms with Gasteiger partial charge in [-0.1, -0.05) is 18.2 Å². The molecule has 2 aliphatic heterocycles. The molecule has 2 amide bonds. The van der Waals surface area contributed by atoms with Crippen LogP contribution in [0.3, 0.4) is 0 Å². The summed E-state index contributed by atoms with van der Waals surface area (Å²) in [6.07, 6.45) is 1.50. The van der Waals surface area contributed by atoms with Crippen molar-refractivity contribution in [1.29, 1.82) is 0 Å². The van der Waals surface area contributed by atoms with Crippen LogP contribution in [0.2, 0.25) is 0 Å². The lowest BCUT2D eigenvalue weighted by molar-refractivity contribution is -0.151. The fourth-order valence-corrected chi connectivity index (χ4v) is 4.08. The first kappa shape index (κ1) is 16.5. The van der Waals surface area contributed by atoms with Crippen molar-refractivity contribution < 1.29 is 23.5 Å². The second-order valence-electron chi connectivity index (χ2n) is 6.68. The number of para-hydroxylation sites is 1. The van der Waals surface area contributed by atoms with Gasteiger partial charge in [0.25, 0.3) is 0 Å². The van der Waals surface area contributed by atoms with Gasteiger partial charge in [0.2, 0.25) is 11.8 Å². The van der Waals surface area contributed by atoms with Gasteiger partial charge in [0.15, 0.2) is 0 Å². The molecule has 1 aromatic heterocycles. The van der Waals surface area contributed by atoms with Gasteiger partial charge in [-0.2, -0.15) is 0 Å². The average molecular weight is 354 g/mol. The SMILES string of the molecule is COC(=O)[C@]1(C)N[C@@H](c2ccco2)[C@H]2C(=O)N(c3ccccc3)C(=O)[C@H]21. The highest BCUT2D eigenvalue weighted by Crippen LogP contribution is 2.49. The fraction of sp³-hybridized carbons (Fsp3) is 0.316. The summed E-state index contributed by atoms with van der Waals surface area (Å²) in [6, 6.07) is 11.5. The highest BCUT2D eigenvalue weighted by Gasteiger charge is 2.67. The Bertz CT molecular complexity index is 863. The summed E-state index contributed by atoms with van der Waals surface area (Å²) in [7, 11) is 1.26. The van der Waals surface area contributed by atoms with E-state index in [1.54, 1.807) is 49.4 Å². The quantitative estimate of drug-likeness (QED) is 0.666. The van der Waals surface area contributed by atoms with E-state index in [0.717, 1.165) is 4.90 Å². The molecule has 0 bridgehead atoms. The highest BCUT2D eigenvalue weighted by atomic mass is 16.5. The van der Waals surface area contributed by atoms with Crippen molar-refractivity contribution in [2.75, 3.05) is 12.0 Å². The molecular formula is C19H18N2O5. The van der Waals surface area contributed by atoms with E-state index in [-0.39, 0.29) is 5.91 Å². The number of benzene rings is 1. The van der Waals surface area contributed by atoms with Crippen molar-refractivity contribution in [2.45, 2.75) is 18.5 Å². The number of rotatable bonds is 3. The highest BCUT2D eigenvalue weighted by molar-refractivity contribution is 6.24. The van der Waals surface area contributed by atoms with E-state index >= 15 is 0 Å². The maximum Gasteiger partial charge on any atom is 0.326 e. The second-order valence-corrected chi connectivity index (χ2v) is 6.68. The van der Waals surface area contributed by atoms with E-state index in [4.69, 9.17) is 9.15 Å². The van der Waals surface area contributed by atoms with E-state index in [9.17, 15) is 14.4 Å². The molecule has 4 atom stereocenters. The third kappa shape index (κ3) is 2.13. The number of amides is 2. The number of fused-ring (bicyclic) bond motifs is 1. The predicted molar refractivity (Wildman–Crippen MR) is 90.9 cm³/mol. The normalized spacial score (nSPS) is 30.5. The molecule has 26 heavy (non-hydrogen) atoms. The van der Waals surface area contributed by atoms with Crippen molar-refractivity contribution in [1.82, 2.24) is 5.32 Å². The minimum Gasteiger partial charge on any atom is -0.468 e. The summed E-state index contributed by atoms with van der Waals surface area (Å²) in [5.74, 6) is -2.48. The Morgan fingerprint density at radius 2 is 1.88 bits per heavy atom. The van der Waals surface area contributed by atoms with Crippen LogP contribution in [0.5, 0.6) is 0 Å². The van der Waals surface area contributed by atoms with Crippen LogP contribution >= 0.6 is 0 Å². The number of carbonyl (C=O) groups is 3. The van der Waals surface area contributed by atoms with Crippen LogP contribution in [0.1, 0.15) is 18.7 Å². The van der Waals surface area contributed by atoms with Crippen LogP contribution < -0.4 is 10.2 Å². The molecule has 2 aromatic rings. The van der Waals surface area contributed by atoms with Crippen LogP contribution in [-0.2, 0) is 19.1 Å². The van der Waals surface area contributed by atoms with Gasteiger partial charge in [-0.15, -0.1) is 0 Å². The van der Waals surface area contributed by atoms with Crippen molar-refractivity contribution >= 4 is 23.5 Å². The number of furan rings is 1. The Kier molecular flexibility index (Phi) is 3.69. The Morgan fingerprint density at radius 3 is 2.50 bits per heavy atom. The minimum atomic E-state index is -1.33. The molecule has 0 spiro atoms. The summed E-state index contributed by atoms with van der Waals surface area (Å²) in [4.78, 5) is 40.0. The first-order valence-electron chi connectivity index (χ1n) is 8.31. The van der Waals surface area contributed by atoms with E-state index in [2.05, 4.69) is 5.32 Å². The second kappa shape index (κ2) is 5.81. The minimum absolute atomic E-state index is 0.354. The van der Waals surface area contributed by atoms with Crippen LogP contribution in [0.25, 0.3) is 0 Å². The van der Waals surface area contributed by atoms with E-state index < -0.39 is 35.3 Å². The monoisotopic (exact) mass is 354 g/mol. The van der Waals surface area contributed by atoms with Gasteiger partial charge in [-0.3, -0.25) is 19.7 Å². The Hall–Kier alpha value is -2.93. The van der Waals surface area contributed by atoms with E-state index in [1.807, 2.05) is 0 Å². The number of anilines is 1. The standard InChI is InChI=1S/C19H18N2O5/c1-19(18(24)25-2)14-13(15(20-19)12-9-6-10-26-12)16(22)21(17(14)23)11-7-4-3-5-8-11/h3-10,13-15,20H,1-2H3/t13-,14-,15-,19+/m0/s1. The molecule has 2 saturated heterocycles. The molecule has 7 heteroatoms. The van der Waals surface area contributed by atoms with Gasteiger partial charge in [-0.05, 0) is 31.2 Å². The van der Waals surface area contributed by atoms with Crippen LogP contribution in [0.4, 0.5) is 5.69 Å². The molecular weight excluding hydrogens is 336 g/mol. The fourth-order valence-electron chi connectivity index (χ4n) is 4.08. The first-order chi connectivity index (χ1) is 12.5. The van der Waals surface area contributed by atoms with E-state index in [0.29, 0.717) is 11.4 Å². The van der Waals surface area contributed by atoms with Gasteiger partial charge >= 0.3 is 5.97 Å². The average Bonchev–Trinajstić information content (AvgIpc) is 3.33. The number of hydrogen-bond acceptors (Lipinski definition) is 6. The zero-order chi connectivity index (χ0) is 18.5. The van der Waals surface area contributed by atoms with Crippen LogP contribution in [0.15, 0.2) is 53.1 Å². The number of imide groups is 1. The molecule has 2 aliphatic rings. The van der Waals surface area contributed by atoms with Crippen molar-refractivity contribution in [3.8, 4) is 0 Å². The maximum absolute atomic E-state index is 13.2. The Labute approximate surface area is 149 Å². The van der Waals surface area contributed by atoms with Gasteiger partial charge < -0.3 is 9.15 Å². The number of esters is 1. The van der Waals surface area contributed by atoms with Crippen LogP contribution in [-0.4, -0.2) is 30.4 Å². The number of nitrogens with zero attached hydrogens (tertiary/aromatic N) is 1. The summed E-state index contributed by atoms with van der Waals surface area (Å²) < 4.78 is 10.4. The summed E-state index contributed by atoms with van der Waals surface area (Å²) in [5, 5.41) is 3.12. The molecule has 1 N–H and O–H groups in total. The van der Waals surface area contributed by atoms with Gasteiger partial charge in [0.05, 0.1) is 36.9 Å². The topological polar surface area (TPSA) is 88.8 Å². The molecule has 134 valence electrons. The molecule has 7 nitrogen and oxygen atoms in total. The maximum atomic E-state index is 13.2. The molecule has 1 aromatic carbocycles. The largest absolute Gasteiger partial charge is 0.468 e. The molecule has 4 rings (SSSR count). The van der Waals surface area contributed by atoms with Gasteiger partial charge in [-0.25, -0.2) is 4.90 Å². The Morgan fingerprint density at radius 1 is 1.15 bits per heavy atom. The van der Waals surface area contributed by atoms with Crippen LogP contribution in [0, 0.1) is 11.8 Å². The van der Waals surface area contributed by atoms with Gasteiger partial charge in [0.1, 0.15) is 11.3 Å². The lowest BCUT2D eigenvalue weighted by atomic mass is 9.81. The zero-order valence-electron chi connectivity index (χ0n) is 14.3. The van der Waals surface area contributed by atoms with E-state index in [1.165, 1.54) is 13.4 Å². The Balaban J connectivity index is 1.83. The number of methoxy groups -OCH3 is 1. The summed E-state index contributed by atoms with van der Waals surface area (Å²) in [6.45, 7) is 1.60. The first-order valence-corrected chi connectivity index (χ1v) is 8.31. The van der Waals surface area contributed by atoms with Crippen molar-refractivity contribution in [3.63, 3.8) is 0 Å².